The maximum absolute atomic E-state index is 9.91. The van der Waals surface area contributed by atoms with E-state index in [0.717, 1.165) is 0 Å². The summed E-state index contributed by atoms with van der Waals surface area (Å²) in [4.78, 5) is 9.91. The third-order valence-corrected chi connectivity index (χ3v) is 2.83. The summed E-state index contributed by atoms with van der Waals surface area (Å²) in [7, 11) is 0. The second-order valence-electron chi connectivity index (χ2n) is 1.99. The first-order chi connectivity index (χ1) is 4.25. The predicted molar refractivity (Wildman–Crippen MR) is 34.3 cm³/mol. The molecule has 0 radical (unpaired) electrons. The molecule has 0 amide bonds. The first kappa shape index (κ1) is 7.05. The van der Waals surface area contributed by atoms with Crippen LogP contribution in [0.2, 0.25) is 0 Å². The van der Waals surface area contributed by atoms with Crippen LogP contribution in [0.15, 0.2) is 0 Å². The van der Waals surface area contributed by atoms with Gasteiger partial charge in [-0.2, -0.15) is 0 Å². The molecule has 0 aromatic carbocycles. The lowest BCUT2D eigenvalue weighted by atomic mass is 10.2. The van der Waals surface area contributed by atoms with Crippen molar-refractivity contribution in [3.8, 4) is 0 Å². The standard InChI is InChI=1S/C5H8O3S/c6-1-3(7)5-4(8)2-9-5/h1,3-5,7-8H,2H2/t3-,4+,5+/m1/s1. The number of thioether (sulfide) groups is 1. The Hall–Kier alpha value is -0.0600. The number of hydrogen-bond acceptors (Lipinski definition) is 4. The van der Waals surface area contributed by atoms with Crippen LogP contribution >= 0.6 is 11.8 Å². The molecule has 0 unspecified atom stereocenters. The summed E-state index contributed by atoms with van der Waals surface area (Å²) in [6.45, 7) is 0. The molecule has 1 heterocycles. The topological polar surface area (TPSA) is 57.5 Å². The summed E-state index contributed by atoms with van der Waals surface area (Å²) in [6, 6.07) is 0. The van der Waals surface area contributed by atoms with Gasteiger partial charge in [0.05, 0.1) is 11.4 Å². The Bertz CT molecular complexity index is 117. The Morgan fingerprint density at radius 3 is 2.56 bits per heavy atom. The third-order valence-electron chi connectivity index (χ3n) is 1.31. The fourth-order valence-corrected chi connectivity index (χ4v) is 1.55. The van der Waals surface area contributed by atoms with Crippen molar-refractivity contribution >= 4 is 18.0 Å². The number of aliphatic hydroxyl groups is 2. The van der Waals surface area contributed by atoms with E-state index < -0.39 is 12.2 Å². The van der Waals surface area contributed by atoms with E-state index >= 15 is 0 Å². The molecule has 0 aromatic heterocycles. The lowest BCUT2D eigenvalue weighted by Crippen LogP contribution is -2.45. The van der Waals surface area contributed by atoms with Crippen LogP contribution in [-0.2, 0) is 4.79 Å². The number of aliphatic hydroxyl groups excluding tert-OH is 2. The number of carbonyl (C=O) groups is 1. The molecular weight excluding hydrogens is 140 g/mol. The summed E-state index contributed by atoms with van der Waals surface area (Å²) in [5.41, 5.74) is 0. The average molecular weight is 148 g/mol. The van der Waals surface area contributed by atoms with E-state index in [4.69, 9.17) is 10.2 Å². The van der Waals surface area contributed by atoms with Gasteiger partial charge in [-0.3, -0.25) is 0 Å². The van der Waals surface area contributed by atoms with Crippen LogP contribution < -0.4 is 0 Å². The molecule has 1 saturated heterocycles. The molecule has 3 nitrogen and oxygen atoms in total. The minimum atomic E-state index is -0.987. The van der Waals surface area contributed by atoms with Crippen LogP contribution in [0.25, 0.3) is 0 Å². The second-order valence-corrected chi connectivity index (χ2v) is 3.20. The van der Waals surface area contributed by atoms with Crippen LogP contribution in [0.4, 0.5) is 0 Å². The van der Waals surface area contributed by atoms with Gasteiger partial charge in [-0.25, -0.2) is 0 Å². The summed E-state index contributed by atoms with van der Waals surface area (Å²) in [5.74, 6) is 0.634. The van der Waals surface area contributed by atoms with E-state index in [1.807, 2.05) is 0 Å². The molecule has 0 aliphatic carbocycles. The largest absolute Gasteiger partial charge is 0.391 e. The van der Waals surface area contributed by atoms with Gasteiger partial charge in [0.25, 0.3) is 0 Å². The predicted octanol–water partition coefficient (Wildman–Crippen LogP) is -0.978. The van der Waals surface area contributed by atoms with E-state index in [1.165, 1.54) is 11.8 Å². The van der Waals surface area contributed by atoms with Gasteiger partial charge < -0.3 is 15.0 Å². The number of carbonyl (C=O) groups excluding carboxylic acids is 1. The van der Waals surface area contributed by atoms with Gasteiger partial charge in [-0.15, -0.1) is 11.8 Å². The Balaban J connectivity index is 2.34. The summed E-state index contributed by atoms with van der Waals surface area (Å²) in [6.07, 6.45) is -1.02. The molecule has 4 heteroatoms. The SMILES string of the molecule is O=C[C@@H](O)[C@@H]1SC[C@@H]1O. The smallest absolute Gasteiger partial charge is 0.149 e. The Morgan fingerprint density at radius 2 is 2.44 bits per heavy atom. The maximum atomic E-state index is 9.91. The van der Waals surface area contributed by atoms with Gasteiger partial charge in [0.1, 0.15) is 12.4 Å². The summed E-state index contributed by atoms with van der Waals surface area (Å²) >= 11 is 1.41. The molecule has 0 bridgehead atoms. The molecule has 0 aromatic rings. The number of aldehydes is 1. The molecule has 0 spiro atoms. The van der Waals surface area contributed by atoms with E-state index in [2.05, 4.69) is 0 Å². The van der Waals surface area contributed by atoms with Crippen LogP contribution in [0.3, 0.4) is 0 Å². The molecule has 3 atom stereocenters. The highest BCUT2D eigenvalue weighted by molar-refractivity contribution is 8.01. The fourth-order valence-electron chi connectivity index (χ4n) is 0.697. The van der Waals surface area contributed by atoms with Crippen molar-refractivity contribution in [2.75, 3.05) is 5.75 Å². The summed E-state index contributed by atoms with van der Waals surface area (Å²) < 4.78 is 0. The normalized spacial score (nSPS) is 37.1. The van der Waals surface area contributed by atoms with Crippen LogP contribution in [0.5, 0.6) is 0 Å². The van der Waals surface area contributed by atoms with E-state index in [9.17, 15) is 4.79 Å². The lowest BCUT2D eigenvalue weighted by molar-refractivity contribution is -0.115. The molecule has 1 rings (SSSR count). The van der Waals surface area contributed by atoms with Crippen molar-refractivity contribution in [2.24, 2.45) is 0 Å². The van der Waals surface area contributed by atoms with Crippen LogP contribution in [0, 0.1) is 0 Å². The van der Waals surface area contributed by atoms with Gasteiger partial charge in [0, 0.05) is 5.75 Å². The molecule has 1 fully saturated rings. The van der Waals surface area contributed by atoms with Crippen molar-refractivity contribution < 1.29 is 15.0 Å². The van der Waals surface area contributed by atoms with Gasteiger partial charge in [-0.1, -0.05) is 0 Å². The van der Waals surface area contributed by atoms with Crippen molar-refractivity contribution in [1.82, 2.24) is 0 Å². The fraction of sp³-hybridized carbons (Fsp3) is 0.800. The lowest BCUT2D eigenvalue weighted by Gasteiger charge is -2.32. The molecule has 2 N–H and O–H groups in total. The van der Waals surface area contributed by atoms with Crippen molar-refractivity contribution in [2.45, 2.75) is 17.5 Å². The molecule has 0 saturated carbocycles. The zero-order valence-corrected chi connectivity index (χ0v) is 5.54. The zero-order chi connectivity index (χ0) is 6.85. The quantitative estimate of drug-likeness (QED) is 0.494. The zero-order valence-electron chi connectivity index (χ0n) is 4.73. The highest BCUT2D eigenvalue weighted by Gasteiger charge is 2.35. The third kappa shape index (κ3) is 1.26. The van der Waals surface area contributed by atoms with Gasteiger partial charge >= 0.3 is 0 Å². The molecule has 1 aliphatic rings. The monoisotopic (exact) mass is 148 g/mol. The van der Waals surface area contributed by atoms with Crippen LogP contribution in [-0.4, -0.2) is 39.7 Å². The van der Waals surface area contributed by atoms with E-state index in [1.54, 1.807) is 0 Å². The Labute approximate surface area is 57.1 Å². The minimum Gasteiger partial charge on any atom is -0.391 e. The Morgan fingerprint density at radius 1 is 1.78 bits per heavy atom. The summed E-state index contributed by atoms with van der Waals surface area (Å²) in [5, 5.41) is 17.4. The molecular formula is C5H8O3S. The van der Waals surface area contributed by atoms with Crippen molar-refractivity contribution in [3.63, 3.8) is 0 Å². The van der Waals surface area contributed by atoms with E-state index in [-0.39, 0.29) is 5.25 Å². The van der Waals surface area contributed by atoms with Crippen molar-refractivity contribution in [3.05, 3.63) is 0 Å². The van der Waals surface area contributed by atoms with Crippen LogP contribution in [0.1, 0.15) is 0 Å². The highest BCUT2D eigenvalue weighted by atomic mass is 32.2. The van der Waals surface area contributed by atoms with Gasteiger partial charge in [0.2, 0.25) is 0 Å². The first-order valence-electron chi connectivity index (χ1n) is 2.68. The molecule has 1 aliphatic heterocycles. The molecule has 52 valence electrons. The first-order valence-corrected chi connectivity index (χ1v) is 3.73. The number of rotatable bonds is 2. The van der Waals surface area contributed by atoms with Gasteiger partial charge in [0.15, 0.2) is 0 Å². The average Bonchev–Trinajstić information content (AvgIpc) is 1.84. The van der Waals surface area contributed by atoms with Gasteiger partial charge in [-0.05, 0) is 0 Å². The Kier molecular flexibility index (Phi) is 2.10. The van der Waals surface area contributed by atoms with Crippen molar-refractivity contribution in [1.29, 1.82) is 0 Å². The molecule has 9 heavy (non-hydrogen) atoms. The maximum Gasteiger partial charge on any atom is 0.149 e. The van der Waals surface area contributed by atoms with E-state index in [0.29, 0.717) is 12.0 Å². The second kappa shape index (κ2) is 2.68. The number of hydrogen-bond donors (Lipinski definition) is 2. The highest BCUT2D eigenvalue weighted by Crippen LogP contribution is 2.30. The minimum absolute atomic E-state index is 0.275.